The van der Waals surface area contributed by atoms with Crippen LogP contribution in [0.4, 0.5) is 14.9 Å². The molecule has 0 aliphatic carbocycles. The van der Waals surface area contributed by atoms with Crippen molar-refractivity contribution >= 4 is 17.3 Å². The number of hydrogen-bond acceptors (Lipinski definition) is 5. The Morgan fingerprint density at radius 2 is 1.83 bits per heavy atom. The SMILES string of the molecule is COc1cccc(C2NC(=O)N(c3cccc(C)c3)C(C)=C2c2nc(-c3cccc(F)c3)no2)c1. The molecule has 0 bridgehead atoms. The van der Waals surface area contributed by atoms with Crippen molar-refractivity contribution in [3.05, 3.63) is 101 Å². The van der Waals surface area contributed by atoms with E-state index in [0.717, 1.165) is 11.1 Å². The number of allylic oxidation sites excluding steroid dienone is 1. The zero-order valence-electron chi connectivity index (χ0n) is 19.4. The molecule has 5 rings (SSSR count). The lowest BCUT2D eigenvalue weighted by Gasteiger charge is -2.35. The molecule has 0 saturated carbocycles. The molecule has 35 heavy (non-hydrogen) atoms. The first-order chi connectivity index (χ1) is 16.9. The summed E-state index contributed by atoms with van der Waals surface area (Å²) in [6.45, 7) is 3.81. The second-order valence-corrected chi connectivity index (χ2v) is 8.27. The van der Waals surface area contributed by atoms with Gasteiger partial charge in [-0.2, -0.15) is 4.98 Å². The van der Waals surface area contributed by atoms with E-state index in [2.05, 4.69) is 15.5 Å². The van der Waals surface area contributed by atoms with Crippen molar-refractivity contribution in [2.45, 2.75) is 19.9 Å². The molecule has 1 aliphatic heterocycles. The van der Waals surface area contributed by atoms with Gasteiger partial charge in [0, 0.05) is 11.3 Å². The van der Waals surface area contributed by atoms with Gasteiger partial charge in [0.1, 0.15) is 11.6 Å². The standard InChI is InChI=1S/C27H23FN4O3/c1-16-7-4-11-21(13-16)32-17(2)23(24(29-27(32)33)18-8-6-12-22(15-18)34-3)26-30-25(31-35-26)19-9-5-10-20(28)14-19/h4-15,24H,1-3H3,(H,29,33). The lowest BCUT2D eigenvalue weighted by molar-refractivity contribution is 0.244. The van der Waals surface area contributed by atoms with E-state index < -0.39 is 11.9 Å². The van der Waals surface area contributed by atoms with E-state index in [1.54, 1.807) is 24.1 Å². The smallest absolute Gasteiger partial charge is 0.326 e. The number of anilines is 1. The molecule has 3 aromatic carbocycles. The van der Waals surface area contributed by atoms with Gasteiger partial charge in [0.15, 0.2) is 0 Å². The number of amides is 2. The van der Waals surface area contributed by atoms with Crippen LogP contribution in [0, 0.1) is 12.7 Å². The highest BCUT2D eigenvalue weighted by Crippen LogP contribution is 2.39. The molecule has 4 aromatic rings. The fourth-order valence-electron chi connectivity index (χ4n) is 4.25. The molecule has 8 heteroatoms. The van der Waals surface area contributed by atoms with Gasteiger partial charge in [0.2, 0.25) is 5.82 Å². The van der Waals surface area contributed by atoms with E-state index >= 15 is 0 Å². The lowest BCUT2D eigenvalue weighted by atomic mass is 9.94. The predicted molar refractivity (Wildman–Crippen MR) is 130 cm³/mol. The minimum Gasteiger partial charge on any atom is -0.497 e. The Labute approximate surface area is 201 Å². The van der Waals surface area contributed by atoms with Crippen LogP contribution in [-0.4, -0.2) is 23.3 Å². The van der Waals surface area contributed by atoms with Gasteiger partial charge in [-0.25, -0.2) is 9.18 Å². The Bertz CT molecular complexity index is 1450. The van der Waals surface area contributed by atoms with Gasteiger partial charge in [0.25, 0.3) is 5.89 Å². The number of nitrogens with zero attached hydrogens (tertiary/aromatic N) is 3. The molecule has 0 fully saturated rings. The van der Waals surface area contributed by atoms with E-state index in [9.17, 15) is 9.18 Å². The molecule has 1 aliphatic rings. The van der Waals surface area contributed by atoms with E-state index in [4.69, 9.17) is 9.26 Å². The van der Waals surface area contributed by atoms with Gasteiger partial charge in [-0.1, -0.05) is 41.6 Å². The van der Waals surface area contributed by atoms with Crippen molar-refractivity contribution in [1.82, 2.24) is 15.5 Å². The molecular formula is C27H23FN4O3. The van der Waals surface area contributed by atoms with Crippen molar-refractivity contribution in [3.63, 3.8) is 0 Å². The maximum Gasteiger partial charge on any atom is 0.326 e. The topological polar surface area (TPSA) is 80.5 Å². The summed E-state index contributed by atoms with van der Waals surface area (Å²) in [5.41, 5.74) is 4.29. The highest BCUT2D eigenvalue weighted by molar-refractivity contribution is 6.01. The van der Waals surface area contributed by atoms with Gasteiger partial charge in [0.05, 0.1) is 24.4 Å². The van der Waals surface area contributed by atoms with Crippen molar-refractivity contribution in [1.29, 1.82) is 0 Å². The van der Waals surface area contributed by atoms with Crippen LogP contribution in [0.1, 0.15) is 30.0 Å². The van der Waals surface area contributed by atoms with Crippen LogP contribution in [0.15, 0.2) is 83.0 Å². The number of nitrogens with one attached hydrogen (secondary N) is 1. The maximum atomic E-state index is 13.8. The second kappa shape index (κ2) is 9.06. The number of halogens is 1. The number of urea groups is 1. The molecule has 1 N–H and O–H groups in total. The number of aryl methyl sites for hydroxylation is 1. The summed E-state index contributed by atoms with van der Waals surface area (Å²) in [6.07, 6.45) is 0. The lowest BCUT2D eigenvalue weighted by Crippen LogP contribution is -2.46. The molecule has 1 aromatic heterocycles. The molecule has 2 amide bonds. The number of carbonyl (C=O) groups is 1. The number of carbonyl (C=O) groups excluding carboxylic acids is 1. The summed E-state index contributed by atoms with van der Waals surface area (Å²) in [5.74, 6) is 0.741. The Hall–Kier alpha value is -4.46. The summed E-state index contributed by atoms with van der Waals surface area (Å²) < 4.78 is 24.8. The summed E-state index contributed by atoms with van der Waals surface area (Å²) in [5, 5.41) is 7.16. The number of methoxy groups -OCH3 is 1. The van der Waals surface area contributed by atoms with E-state index in [-0.39, 0.29) is 17.7 Å². The summed E-state index contributed by atoms with van der Waals surface area (Å²) in [4.78, 5) is 19.5. The summed E-state index contributed by atoms with van der Waals surface area (Å²) >= 11 is 0. The highest BCUT2D eigenvalue weighted by atomic mass is 19.1. The molecule has 176 valence electrons. The Morgan fingerprint density at radius 3 is 2.60 bits per heavy atom. The zero-order chi connectivity index (χ0) is 24.5. The number of ether oxygens (including phenoxy) is 1. The van der Waals surface area contributed by atoms with Gasteiger partial charge in [-0.05, 0) is 61.4 Å². The van der Waals surface area contributed by atoms with Crippen molar-refractivity contribution < 1.29 is 18.4 Å². The van der Waals surface area contributed by atoms with Gasteiger partial charge >= 0.3 is 6.03 Å². The van der Waals surface area contributed by atoms with Gasteiger partial charge < -0.3 is 14.6 Å². The molecule has 0 spiro atoms. The second-order valence-electron chi connectivity index (χ2n) is 8.27. The molecule has 1 unspecified atom stereocenters. The minimum absolute atomic E-state index is 0.229. The third kappa shape index (κ3) is 4.26. The average Bonchev–Trinajstić information content (AvgIpc) is 3.33. The highest BCUT2D eigenvalue weighted by Gasteiger charge is 2.36. The first-order valence-corrected chi connectivity index (χ1v) is 11.1. The predicted octanol–water partition coefficient (Wildman–Crippen LogP) is 5.89. The quantitative estimate of drug-likeness (QED) is 0.393. The third-order valence-corrected chi connectivity index (χ3v) is 5.91. The van der Waals surface area contributed by atoms with Crippen LogP contribution in [0.2, 0.25) is 0 Å². The van der Waals surface area contributed by atoms with Gasteiger partial charge in [-0.15, -0.1) is 0 Å². The first-order valence-electron chi connectivity index (χ1n) is 11.1. The number of hydrogen-bond donors (Lipinski definition) is 1. The number of rotatable bonds is 5. The van der Waals surface area contributed by atoms with Crippen molar-refractivity contribution in [2.75, 3.05) is 12.0 Å². The molecule has 1 atom stereocenters. The van der Waals surface area contributed by atoms with Crippen LogP contribution in [-0.2, 0) is 0 Å². The number of aromatic nitrogens is 2. The maximum absolute atomic E-state index is 13.8. The average molecular weight is 471 g/mol. The van der Waals surface area contributed by atoms with Crippen LogP contribution < -0.4 is 15.0 Å². The van der Waals surface area contributed by atoms with Crippen LogP contribution in [0.5, 0.6) is 5.75 Å². The Balaban J connectivity index is 1.67. The first kappa shape index (κ1) is 22.3. The third-order valence-electron chi connectivity index (χ3n) is 5.91. The van der Waals surface area contributed by atoms with Crippen LogP contribution in [0.3, 0.4) is 0 Å². The van der Waals surface area contributed by atoms with Gasteiger partial charge in [-0.3, -0.25) is 4.90 Å². The molecular weight excluding hydrogens is 447 g/mol. The fourth-order valence-corrected chi connectivity index (χ4v) is 4.25. The zero-order valence-corrected chi connectivity index (χ0v) is 19.4. The van der Waals surface area contributed by atoms with Crippen LogP contribution in [0.25, 0.3) is 17.0 Å². The van der Waals surface area contributed by atoms with E-state index in [1.807, 2.05) is 62.4 Å². The Morgan fingerprint density at radius 1 is 1.03 bits per heavy atom. The molecule has 2 heterocycles. The largest absolute Gasteiger partial charge is 0.497 e. The fraction of sp³-hybridized carbons (Fsp3) is 0.148. The minimum atomic E-state index is -0.570. The van der Waals surface area contributed by atoms with Crippen LogP contribution >= 0.6 is 0 Å². The normalized spacial score (nSPS) is 15.8. The molecule has 7 nitrogen and oxygen atoms in total. The molecule has 0 saturated heterocycles. The van der Waals surface area contributed by atoms with Crippen molar-refractivity contribution in [2.24, 2.45) is 0 Å². The number of benzene rings is 3. The summed E-state index contributed by atoms with van der Waals surface area (Å²) in [6, 6.07) is 20.2. The molecule has 0 radical (unpaired) electrons. The summed E-state index contributed by atoms with van der Waals surface area (Å²) in [7, 11) is 1.59. The van der Waals surface area contributed by atoms with E-state index in [0.29, 0.717) is 28.3 Å². The Kier molecular flexibility index (Phi) is 5.78. The van der Waals surface area contributed by atoms with E-state index in [1.165, 1.54) is 12.1 Å². The van der Waals surface area contributed by atoms with Crippen molar-refractivity contribution in [3.8, 4) is 17.1 Å². The monoisotopic (exact) mass is 470 g/mol.